The fraction of sp³-hybridized carbons (Fsp3) is 0.0769. The van der Waals surface area contributed by atoms with Crippen LogP contribution in [0.5, 0.6) is 0 Å². The van der Waals surface area contributed by atoms with Gasteiger partial charge in [-0.25, -0.2) is 4.98 Å². The number of carbonyl (C=O) groups excluding carboxylic acids is 1. The Labute approximate surface area is 134 Å². The Kier molecular flexibility index (Phi) is 4.67. The number of alkyl halides is 3. The van der Waals surface area contributed by atoms with Crippen molar-refractivity contribution in [3.8, 4) is 0 Å². The number of amides is 1. The molecule has 1 amide bonds. The van der Waals surface area contributed by atoms with Crippen LogP contribution in [0.4, 0.5) is 19.0 Å². The minimum Gasteiger partial charge on any atom is -0.306 e. The molecule has 2 rings (SSSR count). The van der Waals surface area contributed by atoms with Gasteiger partial charge in [-0.2, -0.15) is 13.2 Å². The number of hydrogen-bond donors (Lipinski definition) is 1. The lowest BCUT2D eigenvalue weighted by molar-refractivity contribution is -0.137. The minimum absolute atomic E-state index is 0.119. The molecule has 110 valence electrons. The highest BCUT2D eigenvalue weighted by Crippen LogP contribution is 2.32. The zero-order valence-corrected chi connectivity index (χ0v) is 13.4. The molecule has 0 aliphatic heterocycles. The van der Waals surface area contributed by atoms with Gasteiger partial charge in [-0.3, -0.25) is 4.79 Å². The number of halogens is 5. The number of anilines is 1. The van der Waals surface area contributed by atoms with Gasteiger partial charge in [0.15, 0.2) is 0 Å². The molecule has 0 unspecified atom stereocenters. The SMILES string of the molecule is O=C(Nc1cc(Br)ccn1)c1cc(C(F)(F)F)ccc1Br. The topological polar surface area (TPSA) is 42.0 Å². The van der Waals surface area contributed by atoms with Gasteiger partial charge >= 0.3 is 6.18 Å². The number of nitrogens with one attached hydrogen (secondary N) is 1. The molecule has 0 aliphatic rings. The first-order chi connectivity index (χ1) is 9.77. The first-order valence-electron chi connectivity index (χ1n) is 5.57. The maximum Gasteiger partial charge on any atom is 0.416 e. The zero-order valence-electron chi connectivity index (χ0n) is 10.2. The average molecular weight is 424 g/mol. The van der Waals surface area contributed by atoms with Crippen molar-refractivity contribution in [1.82, 2.24) is 4.98 Å². The summed E-state index contributed by atoms with van der Waals surface area (Å²) in [4.78, 5) is 16.0. The molecule has 0 spiro atoms. The Hall–Kier alpha value is -1.41. The van der Waals surface area contributed by atoms with E-state index in [1.165, 1.54) is 12.3 Å². The molecule has 0 saturated heterocycles. The van der Waals surface area contributed by atoms with E-state index in [1.54, 1.807) is 12.1 Å². The monoisotopic (exact) mass is 422 g/mol. The number of pyridine rings is 1. The highest BCUT2D eigenvalue weighted by atomic mass is 79.9. The van der Waals surface area contributed by atoms with Crippen LogP contribution in [0.25, 0.3) is 0 Å². The Morgan fingerprint density at radius 1 is 1.14 bits per heavy atom. The Bertz CT molecular complexity index is 689. The molecule has 0 aliphatic carbocycles. The van der Waals surface area contributed by atoms with E-state index in [1.807, 2.05) is 0 Å². The molecule has 3 nitrogen and oxygen atoms in total. The second-order valence-corrected chi connectivity index (χ2v) is 5.78. The summed E-state index contributed by atoms with van der Waals surface area (Å²) >= 11 is 6.28. The van der Waals surface area contributed by atoms with Crippen LogP contribution in [0.1, 0.15) is 15.9 Å². The molecule has 0 bridgehead atoms. The number of aromatic nitrogens is 1. The molecular weight excluding hydrogens is 417 g/mol. The Morgan fingerprint density at radius 3 is 2.48 bits per heavy atom. The van der Waals surface area contributed by atoms with Crippen LogP contribution in [-0.4, -0.2) is 10.9 Å². The lowest BCUT2D eigenvalue weighted by atomic mass is 10.1. The molecule has 0 saturated carbocycles. The third-order valence-electron chi connectivity index (χ3n) is 2.50. The quantitative estimate of drug-likeness (QED) is 0.748. The summed E-state index contributed by atoms with van der Waals surface area (Å²) < 4.78 is 39.0. The van der Waals surface area contributed by atoms with Crippen molar-refractivity contribution in [2.24, 2.45) is 0 Å². The summed E-state index contributed by atoms with van der Waals surface area (Å²) in [6, 6.07) is 6.08. The summed E-state index contributed by atoms with van der Waals surface area (Å²) in [5.41, 5.74) is -1.01. The van der Waals surface area contributed by atoms with Crippen molar-refractivity contribution in [3.63, 3.8) is 0 Å². The van der Waals surface area contributed by atoms with Gasteiger partial charge in [0.2, 0.25) is 0 Å². The summed E-state index contributed by atoms with van der Waals surface area (Å²) in [6.45, 7) is 0. The molecule has 8 heteroatoms. The van der Waals surface area contributed by atoms with Crippen LogP contribution < -0.4 is 5.32 Å². The average Bonchev–Trinajstić information content (AvgIpc) is 2.37. The van der Waals surface area contributed by atoms with Gasteiger partial charge in [-0.15, -0.1) is 0 Å². The molecular formula is C13H7Br2F3N2O. The fourth-order valence-electron chi connectivity index (χ4n) is 1.53. The van der Waals surface area contributed by atoms with Gasteiger partial charge in [-0.1, -0.05) is 15.9 Å². The highest BCUT2D eigenvalue weighted by Gasteiger charge is 2.31. The first kappa shape index (κ1) is 16.0. The fourth-order valence-corrected chi connectivity index (χ4v) is 2.29. The Morgan fingerprint density at radius 2 is 1.86 bits per heavy atom. The van der Waals surface area contributed by atoms with Crippen LogP contribution >= 0.6 is 31.9 Å². The predicted molar refractivity (Wildman–Crippen MR) is 79.0 cm³/mol. The molecule has 1 N–H and O–H groups in total. The smallest absolute Gasteiger partial charge is 0.306 e. The van der Waals surface area contributed by atoms with Gasteiger partial charge < -0.3 is 5.32 Å². The lowest BCUT2D eigenvalue weighted by Crippen LogP contribution is -2.15. The molecule has 1 aromatic heterocycles. The highest BCUT2D eigenvalue weighted by molar-refractivity contribution is 9.10. The largest absolute Gasteiger partial charge is 0.416 e. The molecule has 0 atom stereocenters. The molecule has 1 heterocycles. The summed E-state index contributed by atoms with van der Waals surface area (Å²) in [5, 5.41) is 2.44. The van der Waals surface area contributed by atoms with Crippen molar-refractivity contribution in [2.75, 3.05) is 5.32 Å². The van der Waals surface area contributed by atoms with E-state index in [4.69, 9.17) is 0 Å². The predicted octanol–water partition coefficient (Wildman–Crippen LogP) is 4.88. The van der Waals surface area contributed by atoms with E-state index >= 15 is 0 Å². The van der Waals surface area contributed by atoms with Crippen LogP contribution in [-0.2, 0) is 6.18 Å². The van der Waals surface area contributed by atoms with E-state index in [0.717, 1.165) is 12.1 Å². The van der Waals surface area contributed by atoms with E-state index in [-0.39, 0.29) is 15.9 Å². The normalized spacial score (nSPS) is 11.3. The lowest BCUT2D eigenvalue weighted by Gasteiger charge is -2.10. The van der Waals surface area contributed by atoms with Crippen LogP contribution in [0.2, 0.25) is 0 Å². The first-order valence-corrected chi connectivity index (χ1v) is 7.15. The van der Waals surface area contributed by atoms with Gasteiger partial charge in [0.05, 0.1) is 11.1 Å². The summed E-state index contributed by atoms with van der Waals surface area (Å²) in [6.07, 6.45) is -3.05. The maximum atomic E-state index is 12.7. The van der Waals surface area contributed by atoms with Crippen LogP contribution in [0.15, 0.2) is 45.5 Å². The van der Waals surface area contributed by atoms with Gasteiger partial charge in [0, 0.05) is 15.1 Å². The van der Waals surface area contributed by atoms with Crippen molar-refractivity contribution in [2.45, 2.75) is 6.18 Å². The summed E-state index contributed by atoms with van der Waals surface area (Å²) in [7, 11) is 0. The summed E-state index contributed by atoms with van der Waals surface area (Å²) in [5.74, 6) is -0.447. The van der Waals surface area contributed by atoms with E-state index in [0.29, 0.717) is 4.47 Å². The molecule has 21 heavy (non-hydrogen) atoms. The minimum atomic E-state index is -4.51. The third-order valence-corrected chi connectivity index (χ3v) is 3.69. The van der Waals surface area contributed by atoms with E-state index < -0.39 is 17.6 Å². The number of benzene rings is 1. The molecule has 0 fully saturated rings. The van der Waals surface area contributed by atoms with Crippen LogP contribution in [0, 0.1) is 0 Å². The second-order valence-electron chi connectivity index (χ2n) is 4.01. The standard InChI is InChI=1S/C13H7Br2F3N2O/c14-8-3-4-19-11(6-8)20-12(21)9-5-7(13(16,17)18)1-2-10(9)15/h1-6H,(H,19,20,21). The van der Waals surface area contributed by atoms with Crippen LogP contribution in [0.3, 0.4) is 0 Å². The van der Waals surface area contributed by atoms with Gasteiger partial charge in [0.1, 0.15) is 5.82 Å². The van der Waals surface area contributed by atoms with E-state index in [9.17, 15) is 18.0 Å². The van der Waals surface area contributed by atoms with Gasteiger partial charge in [-0.05, 0) is 46.3 Å². The van der Waals surface area contributed by atoms with Crippen molar-refractivity contribution >= 4 is 43.6 Å². The molecule has 1 aromatic carbocycles. The van der Waals surface area contributed by atoms with Crippen molar-refractivity contribution in [3.05, 3.63) is 56.6 Å². The maximum absolute atomic E-state index is 12.7. The zero-order chi connectivity index (χ0) is 15.6. The third kappa shape index (κ3) is 4.04. The van der Waals surface area contributed by atoms with E-state index in [2.05, 4.69) is 42.2 Å². The Balaban J connectivity index is 2.31. The number of rotatable bonds is 2. The van der Waals surface area contributed by atoms with Gasteiger partial charge in [0.25, 0.3) is 5.91 Å². The second kappa shape index (κ2) is 6.15. The molecule has 0 radical (unpaired) electrons. The number of nitrogens with zero attached hydrogens (tertiary/aromatic N) is 1. The van der Waals surface area contributed by atoms with Crippen molar-refractivity contribution in [1.29, 1.82) is 0 Å². The number of hydrogen-bond acceptors (Lipinski definition) is 2. The molecule has 2 aromatic rings. The van der Waals surface area contributed by atoms with Crippen molar-refractivity contribution < 1.29 is 18.0 Å². The number of carbonyl (C=O) groups is 1.